The summed E-state index contributed by atoms with van der Waals surface area (Å²) in [6.45, 7) is 1.95. The van der Waals surface area contributed by atoms with Crippen LogP contribution >= 0.6 is 22.6 Å². The molecule has 0 unspecified atom stereocenters. The van der Waals surface area contributed by atoms with Crippen LogP contribution in [0.4, 0.5) is 0 Å². The minimum Gasteiger partial charge on any atom is -0.465 e. The van der Waals surface area contributed by atoms with Crippen LogP contribution in [0.2, 0.25) is 0 Å². The number of rotatable bonds is 2. The number of esters is 1. The molecule has 0 saturated carbocycles. The molecule has 0 aliphatic carbocycles. The van der Waals surface area contributed by atoms with E-state index in [1.807, 2.05) is 0 Å². The van der Waals surface area contributed by atoms with Gasteiger partial charge in [-0.05, 0) is 0 Å². The van der Waals surface area contributed by atoms with Crippen LogP contribution in [0.5, 0.6) is 0 Å². The Morgan fingerprint density at radius 2 is 2.43 bits per heavy atom. The summed E-state index contributed by atoms with van der Waals surface area (Å²) in [5, 5.41) is 0. The standard InChI is InChI=1S/C4H7IO2/c1-4(6)7-3-2-5/h2-3H2,1H3. The van der Waals surface area contributed by atoms with Crippen LogP contribution in [-0.2, 0) is 9.53 Å². The number of ether oxygens (including phenoxy) is 1. The highest BCUT2D eigenvalue weighted by atomic mass is 127. The zero-order valence-corrected chi connectivity index (χ0v) is 6.27. The molecule has 7 heavy (non-hydrogen) atoms. The smallest absolute Gasteiger partial charge is 0.302 e. The van der Waals surface area contributed by atoms with Crippen LogP contribution in [-0.4, -0.2) is 17.0 Å². The number of carbonyl (C=O) groups is 1. The van der Waals surface area contributed by atoms with Crippen LogP contribution < -0.4 is 0 Å². The summed E-state index contributed by atoms with van der Waals surface area (Å²) >= 11 is 2.14. The third kappa shape index (κ3) is 6.20. The number of halogens is 1. The van der Waals surface area contributed by atoms with E-state index in [2.05, 4.69) is 27.3 Å². The molecule has 0 rings (SSSR count). The van der Waals surface area contributed by atoms with E-state index in [4.69, 9.17) is 0 Å². The molecule has 0 fully saturated rings. The van der Waals surface area contributed by atoms with Gasteiger partial charge in [0.15, 0.2) is 0 Å². The number of alkyl halides is 1. The summed E-state index contributed by atoms with van der Waals surface area (Å²) in [6, 6.07) is 0. The lowest BCUT2D eigenvalue weighted by atomic mass is 10.8. The topological polar surface area (TPSA) is 26.3 Å². The Morgan fingerprint density at radius 3 is 2.57 bits per heavy atom. The Hall–Kier alpha value is 0.200. The second kappa shape index (κ2) is 4.36. The third-order valence-electron chi connectivity index (χ3n) is 0.382. The van der Waals surface area contributed by atoms with Crippen LogP contribution in [0.25, 0.3) is 0 Å². The fourth-order valence-corrected chi connectivity index (χ4v) is 0.403. The first-order chi connectivity index (χ1) is 3.27. The third-order valence-corrected chi connectivity index (χ3v) is 0.823. The fraction of sp³-hybridized carbons (Fsp3) is 0.750. The van der Waals surface area contributed by atoms with Crippen molar-refractivity contribution in [2.24, 2.45) is 0 Å². The summed E-state index contributed by atoms with van der Waals surface area (Å²) in [7, 11) is 0. The second-order valence-corrected chi connectivity index (χ2v) is 2.11. The maximum atomic E-state index is 9.98. The highest BCUT2D eigenvalue weighted by Crippen LogP contribution is 1.81. The first-order valence-corrected chi connectivity index (χ1v) is 3.49. The van der Waals surface area contributed by atoms with E-state index in [1.54, 1.807) is 0 Å². The Kier molecular flexibility index (Phi) is 4.49. The van der Waals surface area contributed by atoms with Gasteiger partial charge >= 0.3 is 5.97 Å². The van der Waals surface area contributed by atoms with E-state index in [-0.39, 0.29) is 5.97 Å². The Labute approximate surface area is 56.4 Å². The largest absolute Gasteiger partial charge is 0.465 e. The maximum Gasteiger partial charge on any atom is 0.302 e. The molecule has 0 radical (unpaired) electrons. The highest BCUT2D eigenvalue weighted by Gasteiger charge is 1.86. The number of carbonyl (C=O) groups excluding carboxylic acids is 1. The molecule has 2 nitrogen and oxygen atoms in total. The molecule has 42 valence electrons. The van der Waals surface area contributed by atoms with E-state index in [1.165, 1.54) is 6.92 Å². The summed E-state index contributed by atoms with van der Waals surface area (Å²) < 4.78 is 5.42. The summed E-state index contributed by atoms with van der Waals surface area (Å²) in [4.78, 5) is 9.98. The highest BCUT2D eigenvalue weighted by molar-refractivity contribution is 14.1. The van der Waals surface area contributed by atoms with Crippen LogP contribution in [0, 0.1) is 0 Å². The van der Waals surface area contributed by atoms with Gasteiger partial charge in [0.1, 0.15) is 6.61 Å². The van der Waals surface area contributed by atoms with Gasteiger partial charge in [-0.3, -0.25) is 4.79 Å². The van der Waals surface area contributed by atoms with Gasteiger partial charge in [-0.15, -0.1) is 0 Å². The van der Waals surface area contributed by atoms with Gasteiger partial charge in [-0.25, -0.2) is 0 Å². The molecule has 0 bridgehead atoms. The first kappa shape index (κ1) is 7.20. The molecule has 0 aromatic rings. The van der Waals surface area contributed by atoms with Gasteiger partial charge in [0, 0.05) is 11.4 Å². The van der Waals surface area contributed by atoms with E-state index >= 15 is 0 Å². The first-order valence-electron chi connectivity index (χ1n) is 1.96. The van der Waals surface area contributed by atoms with E-state index in [0.717, 1.165) is 4.43 Å². The Morgan fingerprint density at radius 1 is 1.86 bits per heavy atom. The molecule has 0 aromatic heterocycles. The zero-order chi connectivity index (χ0) is 5.70. The molecular formula is C4H7IO2. The molecule has 3 heteroatoms. The normalized spacial score (nSPS) is 8.29. The van der Waals surface area contributed by atoms with Crippen molar-refractivity contribution in [3.63, 3.8) is 0 Å². The lowest BCUT2D eigenvalue weighted by Crippen LogP contribution is -2.00. The molecule has 0 amide bonds. The monoisotopic (exact) mass is 214 g/mol. The van der Waals surface area contributed by atoms with Crippen LogP contribution in [0.1, 0.15) is 6.92 Å². The van der Waals surface area contributed by atoms with Crippen molar-refractivity contribution < 1.29 is 9.53 Å². The Balaban J connectivity index is 2.82. The predicted octanol–water partition coefficient (Wildman–Crippen LogP) is 0.985. The SMILES string of the molecule is CC(=O)OCCI. The van der Waals surface area contributed by atoms with Crippen molar-refractivity contribution in [1.29, 1.82) is 0 Å². The van der Waals surface area contributed by atoms with Crippen LogP contribution in [0.3, 0.4) is 0 Å². The van der Waals surface area contributed by atoms with Crippen molar-refractivity contribution in [2.75, 3.05) is 11.0 Å². The van der Waals surface area contributed by atoms with Gasteiger partial charge in [-0.2, -0.15) is 0 Å². The number of hydrogen-bond acceptors (Lipinski definition) is 2. The average molecular weight is 214 g/mol. The maximum absolute atomic E-state index is 9.98. The Bertz CT molecular complexity index is 62.7. The molecule has 0 aliphatic heterocycles. The average Bonchev–Trinajstić information content (AvgIpc) is 1.61. The number of hydrogen-bond donors (Lipinski definition) is 0. The minimum atomic E-state index is -0.198. The zero-order valence-electron chi connectivity index (χ0n) is 4.11. The summed E-state index contributed by atoms with van der Waals surface area (Å²) in [5.74, 6) is -0.198. The molecule has 0 aromatic carbocycles. The van der Waals surface area contributed by atoms with Gasteiger partial charge in [0.2, 0.25) is 0 Å². The molecule has 0 spiro atoms. The van der Waals surface area contributed by atoms with E-state index in [9.17, 15) is 4.79 Å². The molecule has 0 saturated heterocycles. The molecule has 0 atom stereocenters. The van der Waals surface area contributed by atoms with Gasteiger partial charge < -0.3 is 4.74 Å². The van der Waals surface area contributed by atoms with E-state index in [0.29, 0.717) is 6.61 Å². The summed E-state index contributed by atoms with van der Waals surface area (Å²) in [5.41, 5.74) is 0. The van der Waals surface area contributed by atoms with Crippen molar-refractivity contribution in [3.05, 3.63) is 0 Å². The molecule has 0 N–H and O–H groups in total. The van der Waals surface area contributed by atoms with Crippen LogP contribution in [0.15, 0.2) is 0 Å². The van der Waals surface area contributed by atoms with Crippen molar-refractivity contribution in [1.82, 2.24) is 0 Å². The molecule has 0 aliphatic rings. The molecular weight excluding hydrogens is 207 g/mol. The quantitative estimate of drug-likeness (QED) is 0.389. The second-order valence-electron chi connectivity index (χ2n) is 1.03. The fourth-order valence-electron chi connectivity index (χ4n) is 0.182. The lowest BCUT2D eigenvalue weighted by Gasteiger charge is -1.93. The van der Waals surface area contributed by atoms with E-state index < -0.39 is 0 Å². The van der Waals surface area contributed by atoms with Crippen molar-refractivity contribution >= 4 is 28.6 Å². The lowest BCUT2D eigenvalue weighted by molar-refractivity contribution is -0.140. The minimum absolute atomic E-state index is 0.198. The predicted molar refractivity (Wildman–Crippen MR) is 35.5 cm³/mol. The van der Waals surface area contributed by atoms with Gasteiger partial charge in [0.05, 0.1) is 0 Å². The van der Waals surface area contributed by atoms with Gasteiger partial charge in [0.25, 0.3) is 0 Å². The van der Waals surface area contributed by atoms with Crippen molar-refractivity contribution in [3.8, 4) is 0 Å². The van der Waals surface area contributed by atoms with Crippen molar-refractivity contribution in [2.45, 2.75) is 6.92 Å². The van der Waals surface area contributed by atoms with Gasteiger partial charge in [-0.1, -0.05) is 22.6 Å². The molecule has 0 heterocycles. The summed E-state index contributed by atoms with van der Waals surface area (Å²) in [6.07, 6.45) is 0.